The first-order valence-electron chi connectivity index (χ1n) is 8.63. The Morgan fingerprint density at radius 3 is 2.21 bits per heavy atom. The van der Waals surface area contributed by atoms with E-state index in [1.807, 2.05) is 0 Å². The van der Waals surface area contributed by atoms with Crippen molar-refractivity contribution in [1.29, 1.82) is 0 Å². The maximum Gasteiger partial charge on any atom is 0.335 e. The van der Waals surface area contributed by atoms with E-state index >= 15 is 0 Å². The molecule has 0 unspecified atom stereocenters. The zero-order valence-electron chi connectivity index (χ0n) is 16.0. The third-order valence-corrected chi connectivity index (χ3v) is 4.72. The van der Waals surface area contributed by atoms with Gasteiger partial charge in [-0.3, -0.25) is 14.5 Å². The summed E-state index contributed by atoms with van der Waals surface area (Å²) in [6.07, 6.45) is 0. The summed E-state index contributed by atoms with van der Waals surface area (Å²) in [5.41, 5.74) is 0.771. The van der Waals surface area contributed by atoms with Crippen LogP contribution in [0.25, 0.3) is 0 Å². The van der Waals surface area contributed by atoms with Crippen molar-refractivity contribution < 1.29 is 34.1 Å². The number of carbonyl (C=O) groups is 3. The van der Waals surface area contributed by atoms with Crippen molar-refractivity contribution in [3.05, 3.63) is 64.9 Å². The van der Waals surface area contributed by atoms with Crippen LogP contribution in [0.4, 0.5) is 5.69 Å². The topological polar surface area (TPSA) is 113 Å². The van der Waals surface area contributed by atoms with Crippen LogP contribution in [0.2, 0.25) is 0 Å². The van der Waals surface area contributed by atoms with E-state index < -0.39 is 29.5 Å². The molecule has 150 valence electrons. The number of anilines is 1. The fourth-order valence-corrected chi connectivity index (χ4v) is 3.33. The molecule has 0 fully saturated rings. The van der Waals surface area contributed by atoms with Crippen LogP contribution >= 0.6 is 0 Å². The van der Waals surface area contributed by atoms with Crippen LogP contribution in [0.3, 0.4) is 0 Å². The summed E-state index contributed by atoms with van der Waals surface area (Å²) in [6, 6.07) is 9.54. The highest BCUT2D eigenvalue weighted by Crippen LogP contribution is 2.44. The molecule has 2 aromatic carbocycles. The number of ketones is 1. The van der Waals surface area contributed by atoms with Crippen LogP contribution < -0.4 is 14.4 Å². The van der Waals surface area contributed by atoms with E-state index in [2.05, 4.69) is 0 Å². The van der Waals surface area contributed by atoms with E-state index in [0.717, 1.165) is 0 Å². The zero-order chi connectivity index (χ0) is 21.3. The molecule has 0 radical (unpaired) electrons. The van der Waals surface area contributed by atoms with Gasteiger partial charge < -0.3 is 19.7 Å². The number of Topliss-reactive ketones (excluding diaryl/α,β-unsaturated/α-hetero) is 1. The Morgan fingerprint density at radius 1 is 1.03 bits per heavy atom. The average molecular weight is 397 g/mol. The number of hydrogen-bond donors (Lipinski definition) is 2. The third-order valence-electron chi connectivity index (χ3n) is 4.72. The first-order chi connectivity index (χ1) is 13.8. The van der Waals surface area contributed by atoms with Crippen molar-refractivity contribution in [2.75, 3.05) is 19.1 Å². The predicted molar refractivity (Wildman–Crippen MR) is 104 cm³/mol. The maximum absolute atomic E-state index is 12.8. The van der Waals surface area contributed by atoms with Crippen molar-refractivity contribution in [1.82, 2.24) is 0 Å². The van der Waals surface area contributed by atoms with E-state index in [1.54, 1.807) is 18.2 Å². The van der Waals surface area contributed by atoms with Crippen LogP contribution in [-0.2, 0) is 9.59 Å². The number of amides is 1. The van der Waals surface area contributed by atoms with Crippen molar-refractivity contribution in [3.63, 3.8) is 0 Å². The fourth-order valence-electron chi connectivity index (χ4n) is 3.33. The van der Waals surface area contributed by atoms with Crippen LogP contribution in [0.1, 0.15) is 28.9 Å². The lowest BCUT2D eigenvalue weighted by atomic mass is 9.95. The lowest BCUT2D eigenvalue weighted by Gasteiger charge is -2.28. The van der Waals surface area contributed by atoms with Crippen molar-refractivity contribution >= 4 is 23.3 Å². The van der Waals surface area contributed by atoms with E-state index in [9.17, 15) is 19.5 Å². The Morgan fingerprint density at radius 2 is 1.69 bits per heavy atom. The van der Waals surface area contributed by atoms with Gasteiger partial charge in [-0.05, 0) is 43.3 Å². The highest BCUT2D eigenvalue weighted by atomic mass is 16.5. The van der Waals surface area contributed by atoms with Gasteiger partial charge in [-0.2, -0.15) is 0 Å². The molecule has 1 aliphatic rings. The van der Waals surface area contributed by atoms with Gasteiger partial charge in [-0.15, -0.1) is 0 Å². The van der Waals surface area contributed by atoms with Gasteiger partial charge in [-0.25, -0.2) is 4.79 Å². The molecule has 1 heterocycles. The largest absolute Gasteiger partial charge is 0.503 e. The molecular weight excluding hydrogens is 378 g/mol. The lowest BCUT2D eigenvalue weighted by Crippen LogP contribution is -2.31. The number of carboxylic acid groups (broad SMARTS) is 1. The second-order valence-electron chi connectivity index (χ2n) is 6.36. The summed E-state index contributed by atoms with van der Waals surface area (Å²) >= 11 is 0. The lowest BCUT2D eigenvalue weighted by molar-refractivity contribution is -0.117. The SMILES string of the molecule is COc1ccc([C@H]2C(C(C)=O)=C(O)C(=O)N2c2ccc(C(=O)O)cc2)c(OC)c1. The number of carboxylic acids is 1. The molecule has 29 heavy (non-hydrogen) atoms. The number of aliphatic hydroxyl groups excluding tert-OH is 1. The van der Waals surface area contributed by atoms with E-state index in [0.29, 0.717) is 22.7 Å². The number of benzene rings is 2. The molecule has 0 aliphatic carbocycles. The van der Waals surface area contributed by atoms with Crippen LogP contribution in [0.15, 0.2) is 53.8 Å². The molecule has 0 saturated heterocycles. The number of aliphatic hydroxyl groups is 1. The van der Waals surface area contributed by atoms with Gasteiger partial charge >= 0.3 is 5.97 Å². The second-order valence-corrected chi connectivity index (χ2v) is 6.36. The summed E-state index contributed by atoms with van der Waals surface area (Å²) < 4.78 is 10.6. The molecular formula is C21H19NO7. The highest BCUT2D eigenvalue weighted by molar-refractivity contribution is 6.16. The molecule has 0 aromatic heterocycles. The Labute approximate surface area is 166 Å². The Hall–Kier alpha value is -3.81. The number of rotatable bonds is 6. The Bertz CT molecular complexity index is 1020. The van der Waals surface area contributed by atoms with Crippen molar-refractivity contribution in [2.45, 2.75) is 13.0 Å². The van der Waals surface area contributed by atoms with E-state index in [-0.39, 0.29) is 11.1 Å². The first-order valence-corrected chi connectivity index (χ1v) is 8.63. The Balaban J connectivity index is 2.19. The summed E-state index contributed by atoms with van der Waals surface area (Å²) in [7, 11) is 2.94. The van der Waals surface area contributed by atoms with Crippen LogP contribution in [0, 0.1) is 0 Å². The van der Waals surface area contributed by atoms with Gasteiger partial charge in [0.15, 0.2) is 11.5 Å². The van der Waals surface area contributed by atoms with Crippen LogP contribution in [0.5, 0.6) is 11.5 Å². The molecule has 8 nitrogen and oxygen atoms in total. The number of methoxy groups -OCH3 is 2. The monoisotopic (exact) mass is 397 g/mol. The van der Waals surface area contributed by atoms with Gasteiger partial charge in [-0.1, -0.05) is 0 Å². The van der Waals surface area contributed by atoms with Gasteiger partial charge in [0.2, 0.25) is 0 Å². The smallest absolute Gasteiger partial charge is 0.335 e. The number of aromatic carboxylic acids is 1. The standard InChI is InChI=1S/C21H19NO7/c1-11(23)17-18(15-9-8-14(28-2)10-16(15)29-3)22(20(25)19(17)24)13-6-4-12(5-7-13)21(26)27/h4-10,18,24H,1-3H3,(H,26,27)/t18-/m0/s1. The molecule has 1 atom stereocenters. The minimum Gasteiger partial charge on any atom is -0.503 e. The molecule has 0 bridgehead atoms. The predicted octanol–water partition coefficient (Wildman–Crippen LogP) is 2.89. The van der Waals surface area contributed by atoms with Crippen molar-refractivity contribution in [2.24, 2.45) is 0 Å². The van der Waals surface area contributed by atoms with Gasteiger partial charge in [0.1, 0.15) is 11.5 Å². The highest BCUT2D eigenvalue weighted by Gasteiger charge is 2.44. The molecule has 2 aromatic rings. The minimum atomic E-state index is -1.11. The molecule has 2 N–H and O–H groups in total. The summed E-state index contributed by atoms with van der Waals surface area (Å²) in [5.74, 6) is -2.11. The Kier molecular flexibility index (Phi) is 5.27. The number of ether oxygens (including phenoxy) is 2. The molecule has 3 rings (SSSR count). The zero-order valence-corrected chi connectivity index (χ0v) is 16.0. The number of hydrogen-bond acceptors (Lipinski definition) is 6. The van der Waals surface area contributed by atoms with E-state index in [4.69, 9.17) is 14.6 Å². The second kappa shape index (κ2) is 7.67. The van der Waals surface area contributed by atoms with Crippen LogP contribution in [-0.4, -0.2) is 42.1 Å². The normalized spacial score (nSPS) is 16.2. The molecule has 8 heteroatoms. The number of nitrogens with zero attached hydrogens (tertiary/aromatic N) is 1. The number of carbonyl (C=O) groups excluding carboxylic acids is 2. The summed E-state index contributed by atoms with van der Waals surface area (Å²) in [6.45, 7) is 1.26. The molecule has 0 saturated carbocycles. The van der Waals surface area contributed by atoms with E-state index in [1.165, 1.54) is 50.3 Å². The molecule has 1 aliphatic heterocycles. The maximum atomic E-state index is 12.8. The fraction of sp³-hybridized carbons (Fsp3) is 0.190. The van der Waals surface area contributed by atoms with Gasteiger partial charge in [0.05, 0.1) is 31.4 Å². The average Bonchev–Trinajstić information content (AvgIpc) is 2.98. The van der Waals surface area contributed by atoms with Crippen molar-refractivity contribution in [3.8, 4) is 11.5 Å². The summed E-state index contributed by atoms with van der Waals surface area (Å²) in [5, 5.41) is 19.5. The molecule has 1 amide bonds. The third kappa shape index (κ3) is 3.40. The van der Waals surface area contributed by atoms with Gasteiger partial charge in [0, 0.05) is 17.3 Å². The molecule has 0 spiro atoms. The minimum absolute atomic E-state index is 0.0444. The summed E-state index contributed by atoms with van der Waals surface area (Å²) in [4.78, 5) is 37.5. The van der Waals surface area contributed by atoms with Gasteiger partial charge in [0.25, 0.3) is 5.91 Å². The first kappa shape index (κ1) is 19.9. The quantitative estimate of drug-likeness (QED) is 0.770.